The Labute approximate surface area is 173 Å². The summed E-state index contributed by atoms with van der Waals surface area (Å²) >= 11 is 1.27. The highest BCUT2D eigenvalue weighted by molar-refractivity contribution is 8.00. The van der Waals surface area contributed by atoms with Crippen LogP contribution in [0.1, 0.15) is 30.2 Å². The first-order chi connectivity index (χ1) is 14.1. The van der Waals surface area contributed by atoms with Gasteiger partial charge in [-0.05, 0) is 36.8 Å². The van der Waals surface area contributed by atoms with Crippen LogP contribution in [0.5, 0.6) is 0 Å². The van der Waals surface area contributed by atoms with E-state index in [0.717, 1.165) is 30.5 Å². The number of ether oxygens (including phenoxy) is 1. The van der Waals surface area contributed by atoms with Crippen LogP contribution in [0.25, 0.3) is 0 Å². The molecule has 2 aromatic rings. The summed E-state index contributed by atoms with van der Waals surface area (Å²) in [6.07, 6.45) is 4.61. The molecule has 9 nitrogen and oxygen atoms in total. The number of pyridine rings is 1. The van der Waals surface area contributed by atoms with Gasteiger partial charge in [-0.3, -0.25) is 14.6 Å². The van der Waals surface area contributed by atoms with Gasteiger partial charge in [0.15, 0.2) is 0 Å². The summed E-state index contributed by atoms with van der Waals surface area (Å²) in [4.78, 5) is 18.6. The van der Waals surface area contributed by atoms with E-state index in [1.165, 1.54) is 11.8 Å². The number of nitrogens with zero attached hydrogens (tertiary/aromatic N) is 5. The summed E-state index contributed by atoms with van der Waals surface area (Å²) in [6, 6.07) is 4.14. The molecule has 29 heavy (non-hydrogen) atoms. The van der Waals surface area contributed by atoms with Crippen LogP contribution in [0, 0.1) is 17.2 Å². The van der Waals surface area contributed by atoms with Gasteiger partial charge in [0.2, 0.25) is 11.2 Å². The fraction of sp³-hybridized carbons (Fsp3) is 0.526. The maximum atomic E-state index is 12.3. The highest BCUT2D eigenvalue weighted by atomic mass is 32.2. The van der Waals surface area contributed by atoms with E-state index in [4.69, 9.17) is 9.26 Å². The molecule has 1 fully saturated rings. The topological polar surface area (TPSA) is 108 Å². The molecule has 0 aromatic carbocycles. The van der Waals surface area contributed by atoms with Crippen molar-refractivity contribution in [2.24, 2.45) is 5.92 Å². The molecule has 3 heterocycles. The van der Waals surface area contributed by atoms with E-state index < -0.39 is 0 Å². The van der Waals surface area contributed by atoms with Crippen LogP contribution in [-0.2, 0) is 22.4 Å². The summed E-state index contributed by atoms with van der Waals surface area (Å²) in [5.74, 6) is 0.782. The number of morpholine rings is 1. The van der Waals surface area contributed by atoms with Crippen LogP contribution < -0.4 is 15.1 Å². The van der Waals surface area contributed by atoms with Crippen molar-refractivity contribution < 1.29 is 18.8 Å². The number of hydrogen-bond acceptors (Lipinski definition) is 8. The van der Waals surface area contributed by atoms with Gasteiger partial charge in [0, 0.05) is 5.69 Å². The van der Waals surface area contributed by atoms with E-state index >= 15 is 0 Å². The van der Waals surface area contributed by atoms with Gasteiger partial charge >= 0.3 is 5.88 Å². The smallest absolute Gasteiger partial charge is 0.305 e. The number of aromatic nitrogens is 3. The molecule has 1 atom stereocenters. The summed E-state index contributed by atoms with van der Waals surface area (Å²) in [7, 11) is 0. The standard InChI is InChI=1S/C19H22N6O3S/c1-13-2-3-16-14(8-13)9-15(10-20)19(21-16)29-12-17(26)22-18-11-25(23-28-18)24-4-6-27-7-5-24/h9,11,13H,2-8,12H2,1H3/p+1. The van der Waals surface area contributed by atoms with Crippen LogP contribution in [0.15, 0.2) is 21.8 Å². The van der Waals surface area contributed by atoms with Crippen molar-refractivity contribution >= 4 is 23.6 Å². The maximum Gasteiger partial charge on any atom is 0.305 e. The molecule has 0 bridgehead atoms. The molecule has 10 heteroatoms. The predicted molar refractivity (Wildman–Crippen MR) is 105 cm³/mol. The van der Waals surface area contributed by atoms with Gasteiger partial charge < -0.3 is 4.74 Å². The zero-order valence-electron chi connectivity index (χ0n) is 16.3. The second kappa shape index (κ2) is 8.80. The predicted octanol–water partition coefficient (Wildman–Crippen LogP) is 1.05. The number of nitrogens with one attached hydrogen (secondary N) is 1. The van der Waals surface area contributed by atoms with Gasteiger partial charge in [0.05, 0.1) is 42.4 Å². The number of rotatable bonds is 5. The average Bonchev–Trinajstić information content (AvgIpc) is 3.20. The first-order valence-corrected chi connectivity index (χ1v) is 10.7. The lowest BCUT2D eigenvalue weighted by Crippen LogP contribution is -2.62. The van der Waals surface area contributed by atoms with Crippen LogP contribution in [0.3, 0.4) is 0 Å². The molecular weight excluding hydrogens is 392 g/mol. The number of carbonyl (C=O) groups is 1. The summed E-state index contributed by atoms with van der Waals surface area (Å²) in [5.41, 5.74) is 2.73. The third-order valence-corrected chi connectivity index (χ3v) is 6.05. The van der Waals surface area contributed by atoms with Crippen molar-refractivity contribution in [3.63, 3.8) is 0 Å². The number of nitriles is 1. The van der Waals surface area contributed by atoms with Crippen molar-refractivity contribution in [2.45, 2.75) is 31.2 Å². The molecule has 1 amide bonds. The third-order valence-electron chi connectivity index (χ3n) is 5.05. The molecule has 1 N–H and O–H groups in total. The average molecular weight is 415 g/mol. The summed E-state index contributed by atoms with van der Waals surface area (Å²) in [6.45, 7) is 4.90. The van der Waals surface area contributed by atoms with Crippen LogP contribution in [-0.4, -0.2) is 48.2 Å². The van der Waals surface area contributed by atoms with Crippen molar-refractivity contribution in [2.75, 3.05) is 42.4 Å². The highest BCUT2D eigenvalue weighted by Crippen LogP contribution is 2.29. The molecular formula is C19H23N6O3S+. The zero-order chi connectivity index (χ0) is 20.2. The second-order valence-electron chi connectivity index (χ2n) is 7.30. The zero-order valence-corrected chi connectivity index (χ0v) is 17.1. The number of fused-ring (bicyclic) bond motifs is 1. The van der Waals surface area contributed by atoms with Gasteiger partial charge in [-0.15, -0.1) is 5.01 Å². The Hall–Kier alpha value is -2.64. The number of hydrogen-bond donors (Lipinski definition) is 1. The lowest BCUT2D eigenvalue weighted by atomic mass is 9.87. The number of aryl methyl sites for hydroxylation is 1. The lowest BCUT2D eigenvalue weighted by Gasteiger charge is -2.21. The molecule has 0 spiro atoms. The molecule has 4 rings (SSSR count). The van der Waals surface area contributed by atoms with Crippen LogP contribution in [0.2, 0.25) is 0 Å². The molecule has 1 saturated heterocycles. The Morgan fingerprint density at radius 1 is 1.48 bits per heavy atom. The fourth-order valence-electron chi connectivity index (χ4n) is 3.51. The Morgan fingerprint density at radius 2 is 2.31 bits per heavy atom. The molecule has 152 valence electrons. The largest absolute Gasteiger partial charge is 0.377 e. The summed E-state index contributed by atoms with van der Waals surface area (Å²) in [5, 5.41) is 18.7. The van der Waals surface area contributed by atoms with E-state index in [2.05, 4.69) is 28.6 Å². The molecule has 0 saturated carbocycles. The minimum absolute atomic E-state index is 0.134. The number of amides is 1. The maximum absolute atomic E-state index is 12.3. The van der Waals surface area contributed by atoms with E-state index in [0.29, 0.717) is 42.8 Å². The van der Waals surface area contributed by atoms with Crippen LogP contribution in [0.4, 0.5) is 5.88 Å². The van der Waals surface area contributed by atoms with Gasteiger partial charge in [-0.25, -0.2) is 4.98 Å². The number of carbonyl (C=O) groups excluding carboxylic acids is 1. The molecule has 2 aliphatic rings. The SMILES string of the molecule is CC1CCc2nc(SCC(=O)Nc3c[n+](N4CCOCC4)no3)c(C#N)cc2C1. The van der Waals surface area contributed by atoms with Crippen molar-refractivity contribution in [1.29, 1.82) is 5.26 Å². The molecule has 2 aromatic heterocycles. The molecule has 1 aliphatic carbocycles. The molecule has 1 unspecified atom stereocenters. The quantitative estimate of drug-likeness (QED) is 0.570. The molecule has 0 radical (unpaired) electrons. The van der Waals surface area contributed by atoms with Crippen molar-refractivity contribution in [1.82, 2.24) is 10.3 Å². The molecule has 1 aliphatic heterocycles. The first kappa shape index (κ1) is 19.7. The van der Waals surface area contributed by atoms with Crippen molar-refractivity contribution in [3.05, 3.63) is 29.1 Å². The Morgan fingerprint density at radius 3 is 3.10 bits per heavy atom. The summed E-state index contributed by atoms with van der Waals surface area (Å²) < 4.78 is 10.5. The Kier molecular flexibility index (Phi) is 5.97. The van der Waals surface area contributed by atoms with E-state index in [1.54, 1.807) is 11.0 Å². The van der Waals surface area contributed by atoms with Crippen molar-refractivity contribution in [3.8, 4) is 6.07 Å². The van der Waals surface area contributed by atoms with Gasteiger partial charge in [0.1, 0.15) is 11.1 Å². The minimum atomic E-state index is -0.239. The third kappa shape index (κ3) is 4.68. The van der Waals surface area contributed by atoms with Gasteiger partial charge in [-0.2, -0.15) is 5.26 Å². The fourth-order valence-corrected chi connectivity index (χ4v) is 4.28. The Bertz CT molecular complexity index is 935. The number of anilines is 1. The van der Waals surface area contributed by atoms with Crippen LogP contribution >= 0.6 is 11.8 Å². The van der Waals surface area contributed by atoms with E-state index in [1.807, 2.05) is 11.1 Å². The highest BCUT2D eigenvalue weighted by Gasteiger charge is 2.24. The first-order valence-electron chi connectivity index (χ1n) is 9.69. The number of thioether (sulfide) groups is 1. The lowest BCUT2D eigenvalue weighted by molar-refractivity contribution is -0.759. The second-order valence-corrected chi connectivity index (χ2v) is 8.26. The monoisotopic (exact) mass is 415 g/mol. The normalized spacial score (nSPS) is 18.8. The van der Waals surface area contributed by atoms with Gasteiger partial charge in [-0.1, -0.05) is 18.7 Å². The van der Waals surface area contributed by atoms with E-state index in [9.17, 15) is 10.1 Å². The van der Waals surface area contributed by atoms with Gasteiger partial charge in [0.25, 0.3) is 6.20 Å². The Balaban J connectivity index is 1.36. The minimum Gasteiger partial charge on any atom is -0.377 e. The van der Waals surface area contributed by atoms with E-state index in [-0.39, 0.29) is 17.5 Å².